The van der Waals surface area contributed by atoms with Crippen LogP contribution in [-0.2, 0) is 17.4 Å². The van der Waals surface area contributed by atoms with E-state index >= 15 is 0 Å². The molecule has 0 atom stereocenters. The minimum Gasteiger partial charge on any atom is -0.508 e. The van der Waals surface area contributed by atoms with E-state index in [2.05, 4.69) is 59.0 Å². The molecule has 0 unspecified atom stereocenters. The van der Waals surface area contributed by atoms with Crippen molar-refractivity contribution in [3.63, 3.8) is 0 Å². The van der Waals surface area contributed by atoms with Crippen molar-refractivity contribution in [2.45, 2.75) is 71.8 Å². The number of nitrogens with one attached hydrogen (secondary N) is 1. The first-order chi connectivity index (χ1) is 16.5. The second-order valence-corrected chi connectivity index (χ2v) is 10.3. The number of carbonyl (C=O) groups is 1. The van der Waals surface area contributed by atoms with Crippen LogP contribution in [0.1, 0.15) is 81.4 Å². The second-order valence-electron chi connectivity index (χ2n) is 10.3. The molecule has 186 valence electrons. The van der Waals surface area contributed by atoms with Crippen LogP contribution >= 0.6 is 0 Å². The molecule has 0 spiro atoms. The van der Waals surface area contributed by atoms with E-state index in [4.69, 9.17) is 4.74 Å². The molecule has 0 fully saturated rings. The number of carbonyl (C=O) groups excluding carboxylic acids is 1. The molecule has 3 rings (SSSR count). The van der Waals surface area contributed by atoms with E-state index < -0.39 is 5.91 Å². The second kappa shape index (κ2) is 10.5. The first-order valence-corrected chi connectivity index (χ1v) is 12.2. The van der Waals surface area contributed by atoms with Gasteiger partial charge in [-0.1, -0.05) is 65.8 Å². The first-order valence-electron chi connectivity index (χ1n) is 12.2. The van der Waals surface area contributed by atoms with Gasteiger partial charge in [-0.3, -0.25) is 4.79 Å². The van der Waals surface area contributed by atoms with Crippen LogP contribution in [0.25, 0.3) is 0 Å². The Kier molecular flexibility index (Phi) is 7.91. The van der Waals surface area contributed by atoms with Crippen molar-refractivity contribution < 1.29 is 19.7 Å². The molecule has 3 aromatic rings. The van der Waals surface area contributed by atoms with Crippen molar-refractivity contribution in [1.29, 1.82) is 0 Å². The number of hydrogen-bond donors (Lipinski definition) is 3. The molecular weight excluding hydrogens is 438 g/mol. The van der Waals surface area contributed by atoms with Gasteiger partial charge in [-0.05, 0) is 71.2 Å². The molecule has 5 nitrogen and oxygen atoms in total. The molecule has 1 amide bonds. The average Bonchev–Trinajstić information content (AvgIpc) is 2.85. The number of aliphatic hydroxyl groups is 1. The van der Waals surface area contributed by atoms with Crippen LogP contribution in [0.3, 0.4) is 0 Å². The van der Waals surface area contributed by atoms with Crippen molar-refractivity contribution >= 4 is 11.6 Å². The summed E-state index contributed by atoms with van der Waals surface area (Å²) in [5.74, 6) is 0.607. The number of phenols is 1. The summed E-state index contributed by atoms with van der Waals surface area (Å²) in [4.78, 5) is 13.2. The van der Waals surface area contributed by atoms with Crippen LogP contribution in [0.2, 0.25) is 0 Å². The van der Waals surface area contributed by atoms with Crippen molar-refractivity contribution in [3.05, 3.63) is 82.9 Å². The molecule has 5 heteroatoms. The van der Waals surface area contributed by atoms with Crippen LogP contribution < -0.4 is 10.1 Å². The Morgan fingerprint density at radius 3 is 2.23 bits per heavy atom. The lowest BCUT2D eigenvalue weighted by Gasteiger charge is -2.30. The number of aliphatic hydroxyl groups excluding tert-OH is 1. The Bertz CT molecular complexity index is 1200. The largest absolute Gasteiger partial charge is 0.508 e. The third kappa shape index (κ3) is 6.04. The van der Waals surface area contributed by atoms with Gasteiger partial charge in [0, 0.05) is 11.3 Å². The number of phenolic OH excluding ortho intramolecular Hbond substituents is 1. The zero-order valence-corrected chi connectivity index (χ0v) is 21.6. The Balaban J connectivity index is 2.02. The first kappa shape index (κ1) is 26.3. The third-order valence-corrected chi connectivity index (χ3v) is 7.05. The summed E-state index contributed by atoms with van der Waals surface area (Å²) in [6.45, 7) is 13.1. The third-order valence-electron chi connectivity index (χ3n) is 7.05. The number of anilines is 1. The van der Waals surface area contributed by atoms with E-state index in [9.17, 15) is 15.0 Å². The fourth-order valence-corrected chi connectivity index (χ4v) is 3.81. The SMILES string of the molecule is CCC(C)(C)c1ccc(Oc2ccc(O)cc2C(=O)Nc2cccc(CO)c2)c(C(C)(C)CC)c1. The number of benzene rings is 3. The standard InChI is InChI=1S/C30H37NO4/c1-7-29(3,4)21-12-14-27(25(17-21)30(5,6)8-2)35-26-15-13-23(33)18-24(26)28(34)31-22-11-9-10-20(16-22)19-32/h9-18,32-33H,7-8,19H2,1-6H3,(H,31,34). The summed E-state index contributed by atoms with van der Waals surface area (Å²) in [5, 5.41) is 22.3. The monoisotopic (exact) mass is 475 g/mol. The summed E-state index contributed by atoms with van der Waals surface area (Å²) in [7, 11) is 0. The minimum atomic E-state index is -0.411. The summed E-state index contributed by atoms with van der Waals surface area (Å²) < 4.78 is 6.38. The smallest absolute Gasteiger partial charge is 0.259 e. The van der Waals surface area contributed by atoms with E-state index in [1.807, 2.05) is 6.07 Å². The molecule has 3 aromatic carbocycles. The zero-order chi connectivity index (χ0) is 25.8. The highest BCUT2D eigenvalue weighted by molar-refractivity contribution is 6.06. The van der Waals surface area contributed by atoms with Crippen LogP contribution in [0.4, 0.5) is 5.69 Å². The van der Waals surface area contributed by atoms with Gasteiger partial charge in [0.15, 0.2) is 0 Å². The number of rotatable bonds is 9. The fourth-order valence-electron chi connectivity index (χ4n) is 3.81. The van der Waals surface area contributed by atoms with E-state index in [-0.39, 0.29) is 28.7 Å². The Labute approximate surface area is 208 Å². The molecule has 0 aliphatic carbocycles. The topological polar surface area (TPSA) is 78.8 Å². The predicted molar refractivity (Wildman–Crippen MR) is 142 cm³/mol. The van der Waals surface area contributed by atoms with Crippen LogP contribution in [0, 0.1) is 0 Å². The van der Waals surface area contributed by atoms with Crippen molar-refractivity contribution in [3.8, 4) is 17.2 Å². The minimum absolute atomic E-state index is 0.0271. The molecule has 0 aliphatic rings. The van der Waals surface area contributed by atoms with E-state index in [0.29, 0.717) is 22.7 Å². The maximum Gasteiger partial charge on any atom is 0.259 e. The highest BCUT2D eigenvalue weighted by Gasteiger charge is 2.27. The maximum atomic E-state index is 13.2. The lowest BCUT2D eigenvalue weighted by Crippen LogP contribution is -2.21. The number of aromatic hydroxyl groups is 1. The summed E-state index contributed by atoms with van der Waals surface area (Å²) >= 11 is 0. The van der Waals surface area contributed by atoms with Gasteiger partial charge in [0.2, 0.25) is 0 Å². The summed E-state index contributed by atoms with van der Waals surface area (Å²) in [6, 6.07) is 17.8. The average molecular weight is 476 g/mol. The van der Waals surface area contributed by atoms with Crippen LogP contribution in [-0.4, -0.2) is 16.1 Å². The summed E-state index contributed by atoms with van der Waals surface area (Å²) in [6.07, 6.45) is 1.93. The molecule has 35 heavy (non-hydrogen) atoms. The molecule has 0 radical (unpaired) electrons. The number of ether oxygens (including phenoxy) is 1. The van der Waals surface area contributed by atoms with E-state index in [1.54, 1.807) is 30.3 Å². The van der Waals surface area contributed by atoms with Crippen molar-refractivity contribution in [1.82, 2.24) is 0 Å². The summed E-state index contributed by atoms with van der Waals surface area (Å²) in [5.41, 5.74) is 3.68. The van der Waals surface area contributed by atoms with Gasteiger partial charge in [-0.25, -0.2) is 0 Å². The highest BCUT2D eigenvalue weighted by atomic mass is 16.5. The van der Waals surface area contributed by atoms with Gasteiger partial charge in [0.05, 0.1) is 12.2 Å². The number of hydrogen-bond acceptors (Lipinski definition) is 4. The Morgan fingerprint density at radius 2 is 1.57 bits per heavy atom. The molecule has 0 heterocycles. The van der Waals surface area contributed by atoms with Crippen LogP contribution in [0.15, 0.2) is 60.7 Å². The normalized spacial score (nSPS) is 11.9. The number of amides is 1. The van der Waals surface area contributed by atoms with Crippen molar-refractivity contribution in [2.75, 3.05) is 5.32 Å². The Morgan fingerprint density at radius 1 is 0.886 bits per heavy atom. The van der Waals surface area contributed by atoms with Gasteiger partial charge in [-0.15, -0.1) is 0 Å². The fraction of sp³-hybridized carbons (Fsp3) is 0.367. The molecule has 0 saturated carbocycles. The Hall–Kier alpha value is -3.31. The quantitative estimate of drug-likeness (QED) is 0.303. The van der Waals surface area contributed by atoms with Gasteiger partial charge in [0.1, 0.15) is 17.2 Å². The molecule has 0 aromatic heterocycles. The van der Waals surface area contributed by atoms with Gasteiger partial charge >= 0.3 is 0 Å². The van der Waals surface area contributed by atoms with Crippen molar-refractivity contribution in [2.24, 2.45) is 0 Å². The molecular formula is C30H37NO4. The van der Waals surface area contributed by atoms with Gasteiger partial charge in [0.25, 0.3) is 5.91 Å². The molecule has 0 bridgehead atoms. The molecule has 3 N–H and O–H groups in total. The van der Waals surface area contributed by atoms with Crippen LogP contribution in [0.5, 0.6) is 17.2 Å². The predicted octanol–water partition coefficient (Wildman–Crippen LogP) is 7.30. The van der Waals surface area contributed by atoms with Gasteiger partial charge in [-0.2, -0.15) is 0 Å². The van der Waals surface area contributed by atoms with Gasteiger partial charge < -0.3 is 20.3 Å². The zero-order valence-electron chi connectivity index (χ0n) is 21.6. The molecule has 0 saturated heterocycles. The highest BCUT2D eigenvalue weighted by Crippen LogP contribution is 2.41. The molecule has 0 aliphatic heterocycles. The lowest BCUT2D eigenvalue weighted by atomic mass is 9.76. The lowest BCUT2D eigenvalue weighted by molar-refractivity contribution is 0.102. The maximum absolute atomic E-state index is 13.2. The van der Waals surface area contributed by atoms with E-state index in [1.165, 1.54) is 17.7 Å². The van der Waals surface area contributed by atoms with E-state index in [0.717, 1.165) is 18.4 Å².